The van der Waals surface area contributed by atoms with Crippen molar-refractivity contribution >= 4 is 12.0 Å². The molecule has 0 fully saturated rings. The molecule has 0 saturated heterocycles. The normalized spacial score (nSPS) is 10.7. The molecule has 1 N–H and O–H groups in total. The van der Waals surface area contributed by atoms with Gasteiger partial charge in [0.15, 0.2) is 11.5 Å². The highest BCUT2D eigenvalue weighted by molar-refractivity contribution is 6.01. The van der Waals surface area contributed by atoms with E-state index < -0.39 is 0 Å². The molecule has 0 aliphatic carbocycles. The monoisotopic (exact) mass is 302 g/mol. The molecule has 0 aliphatic heterocycles. The van der Waals surface area contributed by atoms with Crippen molar-refractivity contribution in [1.82, 2.24) is 5.32 Å². The van der Waals surface area contributed by atoms with Gasteiger partial charge in [0.25, 0.3) is 5.91 Å². The van der Waals surface area contributed by atoms with Gasteiger partial charge in [0, 0.05) is 6.54 Å². The van der Waals surface area contributed by atoms with Crippen molar-refractivity contribution in [2.75, 3.05) is 20.3 Å². The molecule has 22 heavy (non-hydrogen) atoms. The van der Waals surface area contributed by atoms with E-state index in [1.807, 2.05) is 19.9 Å². The molecule has 0 radical (unpaired) electrons. The van der Waals surface area contributed by atoms with E-state index in [9.17, 15) is 4.79 Å². The Kier molecular flexibility index (Phi) is 7.55. The van der Waals surface area contributed by atoms with Crippen molar-refractivity contribution in [3.63, 3.8) is 0 Å². The Morgan fingerprint density at radius 2 is 2.14 bits per heavy atom. The Morgan fingerprint density at radius 1 is 1.36 bits per heavy atom. The molecule has 5 nitrogen and oxygen atoms in total. The van der Waals surface area contributed by atoms with Gasteiger partial charge in [0.1, 0.15) is 11.6 Å². The third kappa shape index (κ3) is 5.13. The molecule has 118 valence electrons. The number of ether oxygens (including phenoxy) is 2. The number of hydrogen-bond acceptors (Lipinski definition) is 4. The minimum absolute atomic E-state index is 0.0716. The van der Waals surface area contributed by atoms with Crippen molar-refractivity contribution in [3.05, 3.63) is 29.3 Å². The molecular weight excluding hydrogens is 280 g/mol. The molecule has 0 aromatic heterocycles. The number of hydrogen-bond donors (Lipinski definition) is 1. The van der Waals surface area contributed by atoms with Crippen molar-refractivity contribution in [2.24, 2.45) is 0 Å². The smallest absolute Gasteiger partial charge is 0.261 e. The Balaban J connectivity index is 2.93. The summed E-state index contributed by atoms with van der Waals surface area (Å²) in [6, 6.07) is 7.21. The Hall–Kier alpha value is -2.48. The van der Waals surface area contributed by atoms with E-state index in [1.54, 1.807) is 31.4 Å². The first-order valence-corrected chi connectivity index (χ1v) is 7.37. The van der Waals surface area contributed by atoms with E-state index in [-0.39, 0.29) is 11.5 Å². The molecule has 0 bridgehead atoms. The minimum Gasteiger partial charge on any atom is -0.493 e. The predicted molar refractivity (Wildman–Crippen MR) is 85.7 cm³/mol. The minimum atomic E-state index is -0.358. The highest BCUT2D eigenvalue weighted by atomic mass is 16.5. The molecule has 5 heteroatoms. The third-order valence-corrected chi connectivity index (χ3v) is 2.98. The first-order chi connectivity index (χ1) is 10.7. The molecule has 1 aromatic rings. The van der Waals surface area contributed by atoms with E-state index in [1.165, 1.54) is 0 Å². The van der Waals surface area contributed by atoms with Gasteiger partial charge in [-0.15, -0.1) is 0 Å². The Labute approximate surface area is 131 Å². The summed E-state index contributed by atoms with van der Waals surface area (Å²) in [6.45, 7) is 5.04. The predicted octanol–water partition coefficient (Wildman–Crippen LogP) is 2.92. The summed E-state index contributed by atoms with van der Waals surface area (Å²) in [5.74, 6) is 0.844. The third-order valence-electron chi connectivity index (χ3n) is 2.98. The zero-order valence-electron chi connectivity index (χ0n) is 13.3. The topological polar surface area (TPSA) is 71.4 Å². The van der Waals surface area contributed by atoms with Crippen LogP contribution in [0, 0.1) is 11.3 Å². The second kappa shape index (κ2) is 9.46. The van der Waals surface area contributed by atoms with Crippen molar-refractivity contribution in [3.8, 4) is 17.6 Å². The van der Waals surface area contributed by atoms with Gasteiger partial charge in [0.2, 0.25) is 0 Å². The van der Waals surface area contributed by atoms with E-state index in [0.717, 1.165) is 12.8 Å². The molecule has 1 amide bonds. The summed E-state index contributed by atoms with van der Waals surface area (Å²) >= 11 is 0. The van der Waals surface area contributed by atoms with Gasteiger partial charge < -0.3 is 14.8 Å². The zero-order valence-corrected chi connectivity index (χ0v) is 13.3. The van der Waals surface area contributed by atoms with Crippen LogP contribution in [0.5, 0.6) is 11.5 Å². The Morgan fingerprint density at radius 3 is 2.73 bits per heavy atom. The van der Waals surface area contributed by atoms with Crippen LogP contribution < -0.4 is 14.8 Å². The first kappa shape index (κ1) is 17.6. The molecule has 0 unspecified atom stereocenters. The van der Waals surface area contributed by atoms with Crippen LogP contribution in [0.4, 0.5) is 0 Å². The fourth-order valence-electron chi connectivity index (χ4n) is 1.84. The number of rotatable bonds is 8. The summed E-state index contributed by atoms with van der Waals surface area (Å²) in [7, 11) is 1.55. The van der Waals surface area contributed by atoms with Crippen molar-refractivity contribution < 1.29 is 14.3 Å². The molecule has 0 spiro atoms. The number of unbranched alkanes of at least 4 members (excludes halogenated alkanes) is 1. The van der Waals surface area contributed by atoms with Crippen LogP contribution >= 0.6 is 0 Å². The highest BCUT2D eigenvalue weighted by Gasteiger charge is 2.10. The van der Waals surface area contributed by atoms with Crippen LogP contribution in [0.1, 0.15) is 32.3 Å². The van der Waals surface area contributed by atoms with Crippen LogP contribution in [-0.4, -0.2) is 26.2 Å². The van der Waals surface area contributed by atoms with E-state index in [4.69, 9.17) is 14.7 Å². The number of nitrogens with zero attached hydrogens (tertiary/aromatic N) is 1. The lowest BCUT2D eigenvalue weighted by Gasteiger charge is -2.10. The van der Waals surface area contributed by atoms with Gasteiger partial charge in [-0.05, 0) is 37.1 Å². The lowest BCUT2D eigenvalue weighted by Crippen LogP contribution is -2.25. The van der Waals surface area contributed by atoms with Gasteiger partial charge in [0.05, 0.1) is 13.7 Å². The zero-order chi connectivity index (χ0) is 16.4. The van der Waals surface area contributed by atoms with Gasteiger partial charge in [-0.2, -0.15) is 5.26 Å². The molecule has 1 aromatic carbocycles. The summed E-state index contributed by atoms with van der Waals surface area (Å²) in [5, 5.41) is 11.9. The van der Waals surface area contributed by atoms with Crippen LogP contribution in [0.25, 0.3) is 6.08 Å². The largest absolute Gasteiger partial charge is 0.493 e. The number of carbonyl (C=O) groups is 1. The molecular formula is C17H22N2O3. The maximum absolute atomic E-state index is 11.9. The van der Waals surface area contributed by atoms with Crippen molar-refractivity contribution in [2.45, 2.75) is 26.7 Å². The number of methoxy groups -OCH3 is 1. The maximum Gasteiger partial charge on any atom is 0.261 e. The summed E-state index contributed by atoms with van der Waals surface area (Å²) in [4.78, 5) is 11.9. The molecule has 1 rings (SSSR count). The average molecular weight is 302 g/mol. The van der Waals surface area contributed by atoms with E-state index in [2.05, 4.69) is 5.32 Å². The summed E-state index contributed by atoms with van der Waals surface area (Å²) < 4.78 is 10.7. The molecule has 0 heterocycles. The van der Waals surface area contributed by atoms with Crippen LogP contribution in [-0.2, 0) is 4.79 Å². The number of nitriles is 1. The number of amides is 1. The van der Waals surface area contributed by atoms with Gasteiger partial charge in [-0.1, -0.05) is 19.4 Å². The molecule has 0 atom stereocenters. The highest BCUT2D eigenvalue weighted by Crippen LogP contribution is 2.28. The quantitative estimate of drug-likeness (QED) is 0.455. The molecule has 0 saturated carbocycles. The number of carbonyl (C=O) groups excluding carboxylic acids is 1. The van der Waals surface area contributed by atoms with Crippen LogP contribution in [0.2, 0.25) is 0 Å². The second-order valence-corrected chi connectivity index (χ2v) is 4.62. The van der Waals surface area contributed by atoms with Gasteiger partial charge >= 0.3 is 0 Å². The maximum atomic E-state index is 11.9. The van der Waals surface area contributed by atoms with Gasteiger partial charge in [-0.3, -0.25) is 4.79 Å². The second-order valence-electron chi connectivity index (χ2n) is 4.62. The average Bonchev–Trinajstić information content (AvgIpc) is 2.54. The van der Waals surface area contributed by atoms with E-state index >= 15 is 0 Å². The van der Waals surface area contributed by atoms with E-state index in [0.29, 0.717) is 30.2 Å². The van der Waals surface area contributed by atoms with Crippen molar-refractivity contribution in [1.29, 1.82) is 5.26 Å². The fourth-order valence-corrected chi connectivity index (χ4v) is 1.84. The fraction of sp³-hybridized carbons (Fsp3) is 0.412. The lowest BCUT2D eigenvalue weighted by atomic mass is 10.1. The van der Waals surface area contributed by atoms with Crippen LogP contribution in [0.3, 0.4) is 0 Å². The summed E-state index contributed by atoms with van der Waals surface area (Å²) in [5.41, 5.74) is 0.782. The Bertz CT molecular complexity index is 574. The standard InChI is InChI=1S/C17H22N2O3/c1-4-6-9-19-17(20)14(12-18)10-13-7-8-15(22-5-2)16(11-13)21-3/h7-8,10-11H,4-6,9H2,1-3H3,(H,19,20)/b14-10-. The van der Waals surface area contributed by atoms with Crippen LogP contribution in [0.15, 0.2) is 23.8 Å². The van der Waals surface area contributed by atoms with Gasteiger partial charge in [-0.25, -0.2) is 0 Å². The number of benzene rings is 1. The SMILES string of the molecule is CCCCNC(=O)/C(C#N)=C\c1ccc(OCC)c(OC)c1. The lowest BCUT2D eigenvalue weighted by molar-refractivity contribution is -0.117. The number of nitrogens with one attached hydrogen (secondary N) is 1. The summed E-state index contributed by atoms with van der Waals surface area (Å²) in [6.07, 6.45) is 3.42. The first-order valence-electron chi connectivity index (χ1n) is 7.37. The molecule has 0 aliphatic rings.